The van der Waals surface area contributed by atoms with Gasteiger partial charge in [0, 0.05) is 27.1 Å². The van der Waals surface area contributed by atoms with Crippen LogP contribution in [0.5, 0.6) is 5.75 Å². The minimum atomic E-state index is -0.652. The van der Waals surface area contributed by atoms with Gasteiger partial charge in [0.25, 0.3) is 5.91 Å². The van der Waals surface area contributed by atoms with Crippen molar-refractivity contribution < 1.29 is 14.3 Å². The number of rotatable bonds is 10. The minimum Gasteiger partial charge on any atom is -0.484 e. The average molecular weight is 675 g/mol. The van der Waals surface area contributed by atoms with Gasteiger partial charge in [-0.05, 0) is 83.0 Å². The van der Waals surface area contributed by atoms with Gasteiger partial charge in [-0.25, -0.2) is 0 Å². The minimum absolute atomic E-state index is 0.101. The third-order valence-corrected chi connectivity index (χ3v) is 7.91. The van der Waals surface area contributed by atoms with Crippen LogP contribution in [-0.2, 0) is 22.6 Å². The maximum Gasteiger partial charge on any atom is 0.261 e. The van der Waals surface area contributed by atoms with Gasteiger partial charge in [0.1, 0.15) is 11.8 Å². The monoisotopic (exact) mass is 674 g/mol. The van der Waals surface area contributed by atoms with E-state index in [2.05, 4.69) is 43.8 Å². The molecule has 7 heteroatoms. The lowest BCUT2D eigenvalue weighted by Gasteiger charge is -2.33. The summed E-state index contributed by atoms with van der Waals surface area (Å²) in [6, 6.07) is 24.8. The largest absolute Gasteiger partial charge is 0.484 e. The van der Waals surface area contributed by atoms with Gasteiger partial charge >= 0.3 is 0 Å². The fourth-order valence-electron chi connectivity index (χ4n) is 4.64. The van der Waals surface area contributed by atoms with Crippen molar-refractivity contribution in [2.75, 3.05) is 6.61 Å². The zero-order chi connectivity index (χ0) is 26.0. The molecule has 1 fully saturated rings. The molecule has 0 unspecified atom stereocenters. The van der Waals surface area contributed by atoms with Crippen molar-refractivity contribution in [2.24, 2.45) is 0 Å². The summed E-state index contributed by atoms with van der Waals surface area (Å²) in [5.74, 6) is 0.306. The van der Waals surface area contributed by atoms with Gasteiger partial charge in [-0.1, -0.05) is 77.7 Å². The van der Waals surface area contributed by atoms with Gasteiger partial charge in [-0.2, -0.15) is 0 Å². The zero-order valence-corrected chi connectivity index (χ0v) is 24.5. The van der Waals surface area contributed by atoms with E-state index in [4.69, 9.17) is 4.74 Å². The molecule has 0 spiro atoms. The summed E-state index contributed by atoms with van der Waals surface area (Å²) in [6.45, 7) is 0.177. The van der Waals surface area contributed by atoms with Gasteiger partial charge in [0.15, 0.2) is 6.61 Å². The van der Waals surface area contributed by atoms with Crippen molar-refractivity contribution in [1.29, 1.82) is 0 Å². The van der Waals surface area contributed by atoms with Crippen LogP contribution in [0.2, 0.25) is 0 Å². The summed E-state index contributed by atoms with van der Waals surface area (Å²) in [4.78, 5) is 29.1. The fraction of sp³-hybridized carbons (Fsp3) is 0.333. The van der Waals surface area contributed by atoms with Crippen LogP contribution in [0.4, 0.5) is 0 Å². The molecule has 0 bridgehead atoms. The molecule has 3 aromatic rings. The van der Waals surface area contributed by atoms with Gasteiger partial charge in [0.2, 0.25) is 5.91 Å². The van der Waals surface area contributed by atoms with Crippen LogP contribution >= 0.6 is 38.5 Å². The van der Waals surface area contributed by atoms with Crippen molar-refractivity contribution >= 4 is 50.3 Å². The number of benzene rings is 3. The Kier molecular flexibility index (Phi) is 10.4. The van der Waals surface area contributed by atoms with Crippen molar-refractivity contribution in [3.8, 4) is 5.75 Å². The van der Waals surface area contributed by atoms with Crippen molar-refractivity contribution in [1.82, 2.24) is 10.2 Å². The van der Waals surface area contributed by atoms with Crippen LogP contribution in [0.1, 0.15) is 43.2 Å². The molecule has 0 aromatic heterocycles. The van der Waals surface area contributed by atoms with E-state index in [0.29, 0.717) is 18.7 Å². The highest BCUT2D eigenvalue weighted by molar-refractivity contribution is 14.1. The Morgan fingerprint density at radius 3 is 2.27 bits per heavy atom. The topological polar surface area (TPSA) is 58.6 Å². The number of nitrogens with one attached hydrogen (secondary N) is 1. The molecule has 1 N–H and O–H groups in total. The maximum atomic E-state index is 13.8. The second-order valence-electron chi connectivity index (χ2n) is 9.44. The molecular formula is C30H32BrIN2O3. The fourth-order valence-corrected chi connectivity index (χ4v) is 5.27. The zero-order valence-electron chi connectivity index (χ0n) is 20.7. The van der Waals surface area contributed by atoms with Gasteiger partial charge in [-0.3, -0.25) is 9.59 Å². The summed E-state index contributed by atoms with van der Waals surface area (Å²) in [6.07, 6.45) is 5.87. The van der Waals surface area contributed by atoms with Crippen LogP contribution < -0.4 is 10.1 Å². The predicted octanol–water partition coefficient (Wildman–Crippen LogP) is 6.52. The molecule has 1 aliphatic carbocycles. The van der Waals surface area contributed by atoms with Crippen molar-refractivity contribution in [3.05, 3.63) is 98.0 Å². The first-order valence-corrected chi connectivity index (χ1v) is 14.6. The van der Waals surface area contributed by atoms with E-state index in [-0.39, 0.29) is 24.5 Å². The van der Waals surface area contributed by atoms with Gasteiger partial charge in [0.05, 0.1) is 0 Å². The van der Waals surface area contributed by atoms with Gasteiger partial charge < -0.3 is 15.0 Å². The summed E-state index contributed by atoms with van der Waals surface area (Å²) in [5, 5.41) is 3.27. The normalized spacial score (nSPS) is 14.5. The number of hydrogen-bond donors (Lipinski definition) is 1. The molecule has 194 valence electrons. The second-order valence-corrected chi connectivity index (χ2v) is 11.6. The van der Waals surface area contributed by atoms with Crippen LogP contribution in [0, 0.1) is 3.57 Å². The highest BCUT2D eigenvalue weighted by atomic mass is 127. The molecule has 3 aromatic carbocycles. The number of carbonyl (C=O) groups is 2. The number of carbonyl (C=O) groups excluding carboxylic acids is 2. The van der Waals surface area contributed by atoms with E-state index in [1.807, 2.05) is 78.9 Å². The van der Waals surface area contributed by atoms with E-state index in [9.17, 15) is 9.59 Å². The quantitative estimate of drug-likeness (QED) is 0.249. The Morgan fingerprint density at radius 1 is 0.919 bits per heavy atom. The highest BCUT2D eigenvalue weighted by Gasteiger charge is 2.32. The first-order valence-electron chi connectivity index (χ1n) is 12.7. The highest BCUT2D eigenvalue weighted by Crippen LogP contribution is 2.21. The average Bonchev–Trinajstić information content (AvgIpc) is 2.92. The molecule has 5 nitrogen and oxygen atoms in total. The van der Waals surface area contributed by atoms with Crippen molar-refractivity contribution in [3.63, 3.8) is 0 Å². The lowest BCUT2D eigenvalue weighted by Crippen LogP contribution is -2.53. The molecule has 37 heavy (non-hydrogen) atoms. The van der Waals surface area contributed by atoms with E-state index in [1.54, 1.807) is 4.90 Å². The molecule has 1 saturated carbocycles. The van der Waals surface area contributed by atoms with Crippen molar-refractivity contribution in [2.45, 2.75) is 57.2 Å². The Bertz CT molecular complexity index is 1150. The Hall–Kier alpha value is -2.39. The standard InChI is InChI=1S/C30H32BrIN2O3/c31-24-13-11-23(12-14-24)20-34(29(35)21-37-27-17-15-25(32)16-18-27)28(19-22-7-3-1-4-8-22)30(36)33-26-9-5-2-6-10-26/h1,3-4,7-8,11-18,26,28H,2,5-6,9-10,19-21H2,(H,33,36)/t28-/m0/s1. The Balaban J connectivity index is 1.59. The number of ether oxygens (including phenoxy) is 1. The number of nitrogens with zero attached hydrogens (tertiary/aromatic N) is 1. The lowest BCUT2D eigenvalue weighted by atomic mass is 9.94. The molecule has 4 rings (SSSR count). The Morgan fingerprint density at radius 2 is 1.59 bits per heavy atom. The molecule has 1 aliphatic rings. The molecule has 0 radical (unpaired) electrons. The summed E-state index contributed by atoms with van der Waals surface area (Å²) in [7, 11) is 0. The Labute approximate surface area is 241 Å². The smallest absolute Gasteiger partial charge is 0.261 e. The SMILES string of the molecule is O=C(NC1CCCCC1)[C@H](Cc1ccccc1)N(Cc1ccc(Br)cc1)C(=O)COc1ccc(I)cc1. The molecule has 0 heterocycles. The summed E-state index contributed by atoms with van der Waals surface area (Å²) < 4.78 is 7.91. The van der Waals surface area contributed by atoms with Crippen LogP contribution in [0.3, 0.4) is 0 Å². The molecule has 0 aliphatic heterocycles. The van der Waals surface area contributed by atoms with E-state index in [0.717, 1.165) is 44.9 Å². The molecule has 2 amide bonds. The predicted molar refractivity (Wildman–Crippen MR) is 158 cm³/mol. The third kappa shape index (κ3) is 8.57. The number of amides is 2. The second kappa shape index (κ2) is 14.0. The van der Waals surface area contributed by atoms with E-state index in [1.165, 1.54) is 6.42 Å². The van der Waals surface area contributed by atoms with Crippen LogP contribution in [-0.4, -0.2) is 35.4 Å². The summed E-state index contributed by atoms with van der Waals surface area (Å²) >= 11 is 5.72. The lowest BCUT2D eigenvalue weighted by molar-refractivity contribution is -0.143. The van der Waals surface area contributed by atoms with Crippen LogP contribution in [0.15, 0.2) is 83.3 Å². The third-order valence-electron chi connectivity index (χ3n) is 6.66. The molecule has 1 atom stereocenters. The van der Waals surface area contributed by atoms with E-state index < -0.39 is 6.04 Å². The number of halogens is 2. The first-order chi connectivity index (χ1) is 18.0. The number of hydrogen-bond acceptors (Lipinski definition) is 3. The summed E-state index contributed by atoms with van der Waals surface area (Å²) in [5.41, 5.74) is 1.97. The van der Waals surface area contributed by atoms with Crippen LogP contribution in [0.25, 0.3) is 0 Å². The van der Waals surface area contributed by atoms with Gasteiger partial charge in [-0.15, -0.1) is 0 Å². The molecular weight excluding hydrogens is 643 g/mol. The maximum absolute atomic E-state index is 13.8. The first kappa shape index (κ1) is 27.6. The van der Waals surface area contributed by atoms with E-state index >= 15 is 0 Å². The molecule has 0 saturated heterocycles.